The lowest BCUT2D eigenvalue weighted by molar-refractivity contribution is 0.0850. The van der Waals surface area contributed by atoms with Crippen molar-refractivity contribution in [1.82, 2.24) is 0 Å². The second-order valence-corrected chi connectivity index (χ2v) is 6.44. The molecule has 0 aliphatic carbocycles. The Morgan fingerprint density at radius 3 is 2.65 bits per heavy atom. The highest BCUT2D eigenvalue weighted by Gasteiger charge is 2.27. The van der Waals surface area contributed by atoms with Crippen LogP contribution in [-0.2, 0) is 0 Å². The average molecular weight is 349 g/mol. The smallest absolute Gasteiger partial charge is 0.170 e. The van der Waals surface area contributed by atoms with Crippen molar-refractivity contribution in [3.05, 3.63) is 58.1 Å². The van der Waals surface area contributed by atoms with Gasteiger partial charge in [0.2, 0.25) is 0 Å². The normalized spacial score (nSPS) is 17.5. The van der Waals surface area contributed by atoms with Crippen LogP contribution in [0.1, 0.15) is 28.4 Å². The third-order valence-electron chi connectivity index (χ3n) is 3.37. The van der Waals surface area contributed by atoms with E-state index in [1.54, 1.807) is 11.8 Å². The van der Waals surface area contributed by atoms with Crippen LogP contribution in [0.5, 0.6) is 5.75 Å². The van der Waals surface area contributed by atoms with Gasteiger partial charge in [-0.15, -0.1) is 11.8 Å². The predicted molar refractivity (Wildman–Crippen MR) is 84.7 cm³/mol. The summed E-state index contributed by atoms with van der Waals surface area (Å²) in [6.45, 7) is 0. The first-order valence-corrected chi connectivity index (χ1v) is 8.32. The van der Waals surface area contributed by atoms with E-state index in [-0.39, 0.29) is 11.9 Å². The molecule has 4 heteroatoms. The van der Waals surface area contributed by atoms with Crippen LogP contribution in [0.2, 0.25) is 0 Å². The fraction of sp³-hybridized carbons (Fsp3) is 0.188. The van der Waals surface area contributed by atoms with Crippen molar-refractivity contribution in [3.63, 3.8) is 0 Å². The standard InChI is InChI=1S/C16H13BrO2S/c1-20-12-5-2-10(3-6-12)16-9-14(18)13-8-11(17)4-7-15(13)19-16/h2-8,16H,9H2,1H3. The predicted octanol–water partition coefficient (Wildman–Crippen LogP) is 4.88. The molecule has 0 radical (unpaired) electrons. The highest BCUT2D eigenvalue weighted by molar-refractivity contribution is 9.10. The highest BCUT2D eigenvalue weighted by atomic mass is 79.9. The number of hydrogen-bond acceptors (Lipinski definition) is 3. The Morgan fingerprint density at radius 2 is 1.95 bits per heavy atom. The summed E-state index contributed by atoms with van der Waals surface area (Å²) in [7, 11) is 0. The zero-order valence-electron chi connectivity index (χ0n) is 10.9. The van der Waals surface area contributed by atoms with Gasteiger partial charge in [0.15, 0.2) is 5.78 Å². The van der Waals surface area contributed by atoms with Crippen molar-refractivity contribution in [1.29, 1.82) is 0 Å². The molecular weight excluding hydrogens is 336 g/mol. The Bertz CT molecular complexity index is 652. The molecule has 1 unspecified atom stereocenters. The molecule has 2 nitrogen and oxygen atoms in total. The molecule has 0 saturated carbocycles. The minimum absolute atomic E-state index is 0.131. The van der Waals surface area contributed by atoms with E-state index in [4.69, 9.17) is 4.74 Å². The third-order valence-corrected chi connectivity index (χ3v) is 4.61. The number of benzene rings is 2. The van der Waals surface area contributed by atoms with Gasteiger partial charge >= 0.3 is 0 Å². The number of ether oxygens (including phenoxy) is 1. The first kappa shape index (κ1) is 13.7. The minimum Gasteiger partial charge on any atom is -0.484 e. The quantitative estimate of drug-likeness (QED) is 0.723. The Kier molecular flexibility index (Phi) is 3.85. The van der Waals surface area contributed by atoms with Crippen molar-refractivity contribution in [2.45, 2.75) is 17.4 Å². The van der Waals surface area contributed by atoms with E-state index in [1.807, 2.05) is 36.6 Å². The van der Waals surface area contributed by atoms with E-state index in [9.17, 15) is 4.79 Å². The van der Waals surface area contributed by atoms with Crippen molar-refractivity contribution in [2.24, 2.45) is 0 Å². The zero-order chi connectivity index (χ0) is 14.1. The van der Waals surface area contributed by atoms with Gasteiger partial charge < -0.3 is 4.74 Å². The fourth-order valence-corrected chi connectivity index (χ4v) is 3.07. The Hall–Kier alpha value is -1.26. The Morgan fingerprint density at radius 1 is 1.20 bits per heavy atom. The molecule has 2 aromatic carbocycles. The lowest BCUT2D eigenvalue weighted by Crippen LogP contribution is -2.20. The number of Topliss-reactive ketones (excluding diaryl/α,β-unsaturated/α-hetero) is 1. The molecule has 2 aromatic rings. The van der Waals surface area contributed by atoms with Gasteiger partial charge in [-0.2, -0.15) is 0 Å². The van der Waals surface area contributed by atoms with Gasteiger partial charge in [-0.05, 0) is 42.2 Å². The molecule has 3 rings (SSSR count). The maximum atomic E-state index is 12.2. The van der Waals surface area contributed by atoms with Crippen LogP contribution >= 0.6 is 27.7 Å². The number of ketones is 1. The molecule has 0 fully saturated rings. The number of carbonyl (C=O) groups excluding carboxylic acids is 1. The first-order valence-electron chi connectivity index (χ1n) is 6.31. The molecule has 1 heterocycles. The van der Waals surface area contributed by atoms with Crippen molar-refractivity contribution in [2.75, 3.05) is 6.26 Å². The summed E-state index contributed by atoms with van der Waals surface area (Å²) in [5.41, 5.74) is 1.71. The third kappa shape index (κ3) is 2.63. The molecule has 0 N–H and O–H groups in total. The number of rotatable bonds is 2. The topological polar surface area (TPSA) is 26.3 Å². The van der Waals surface area contributed by atoms with E-state index in [0.29, 0.717) is 17.7 Å². The summed E-state index contributed by atoms with van der Waals surface area (Å²) < 4.78 is 6.87. The molecule has 1 aliphatic heterocycles. The van der Waals surface area contributed by atoms with Crippen LogP contribution in [0.3, 0.4) is 0 Å². The summed E-state index contributed by atoms with van der Waals surface area (Å²) in [5.74, 6) is 0.801. The largest absolute Gasteiger partial charge is 0.484 e. The number of hydrogen-bond donors (Lipinski definition) is 0. The van der Waals surface area contributed by atoms with E-state index < -0.39 is 0 Å². The maximum Gasteiger partial charge on any atom is 0.170 e. The summed E-state index contributed by atoms with van der Waals surface area (Å²) in [4.78, 5) is 13.4. The van der Waals surface area contributed by atoms with E-state index >= 15 is 0 Å². The molecule has 1 aliphatic rings. The molecule has 0 spiro atoms. The number of carbonyl (C=O) groups is 1. The average Bonchev–Trinajstić information content (AvgIpc) is 2.48. The monoisotopic (exact) mass is 348 g/mol. The van der Waals surface area contributed by atoms with E-state index in [1.165, 1.54) is 4.90 Å². The Balaban J connectivity index is 1.90. The zero-order valence-corrected chi connectivity index (χ0v) is 13.3. The molecule has 0 aromatic heterocycles. The van der Waals surface area contributed by atoms with Gasteiger partial charge in [0, 0.05) is 9.37 Å². The maximum absolute atomic E-state index is 12.2. The highest BCUT2D eigenvalue weighted by Crippen LogP contribution is 2.36. The number of thioether (sulfide) groups is 1. The van der Waals surface area contributed by atoms with Crippen LogP contribution in [0, 0.1) is 0 Å². The first-order chi connectivity index (χ1) is 9.67. The van der Waals surface area contributed by atoms with Crippen LogP contribution in [0.15, 0.2) is 51.8 Å². The lowest BCUT2D eigenvalue weighted by atomic mass is 9.96. The molecule has 20 heavy (non-hydrogen) atoms. The minimum atomic E-state index is -0.188. The fourth-order valence-electron chi connectivity index (χ4n) is 2.30. The summed E-state index contributed by atoms with van der Waals surface area (Å²) in [6.07, 6.45) is 2.25. The number of fused-ring (bicyclic) bond motifs is 1. The van der Waals surface area contributed by atoms with Crippen molar-refractivity contribution in [3.8, 4) is 5.75 Å². The van der Waals surface area contributed by atoms with E-state index in [2.05, 4.69) is 28.1 Å². The lowest BCUT2D eigenvalue weighted by Gasteiger charge is -2.25. The molecule has 102 valence electrons. The van der Waals surface area contributed by atoms with Gasteiger partial charge in [-0.3, -0.25) is 4.79 Å². The van der Waals surface area contributed by atoms with E-state index in [0.717, 1.165) is 10.0 Å². The SMILES string of the molecule is CSc1ccc(C2CC(=O)c3cc(Br)ccc3O2)cc1. The Labute approximate surface area is 130 Å². The van der Waals surface area contributed by atoms with Crippen molar-refractivity contribution < 1.29 is 9.53 Å². The summed E-state index contributed by atoms with van der Waals surface area (Å²) in [6, 6.07) is 13.8. The second-order valence-electron chi connectivity index (χ2n) is 4.65. The van der Waals surface area contributed by atoms with Crippen LogP contribution in [-0.4, -0.2) is 12.0 Å². The van der Waals surface area contributed by atoms with Gasteiger partial charge in [0.25, 0.3) is 0 Å². The molecule has 0 bridgehead atoms. The molecule has 0 saturated heterocycles. The van der Waals surface area contributed by atoms with Gasteiger partial charge in [0.1, 0.15) is 11.9 Å². The van der Waals surface area contributed by atoms with Gasteiger partial charge in [-0.25, -0.2) is 0 Å². The molecule has 1 atom stereocenters. The summed E-state index contributed by atoms with van der Waals surface area (Å²) in [5, 5.41) is 0. The van der Waals surface area contributed by atoms with Crippen molar-refractivity contribution >= 4 is 33.5 Å². The van der Waals surface area contributed by atoms with Crippen LogP contribution < -0.4 is 4.74 Å². The van der Waals surface area contributed by atoms with Gasteiger partial charge in [0.05, 0.1) is 12.0 Å². The second kappa shape index (κ2) is 5.62. The molecular formula is C16H13BrO2S. The summed E-state index contributed by atoms with van der Waals surface area (Å²) >= 11 is 5.09. The van der Waals surface area contributed by atoms with Crippen LogP contribution in [0.4, 0.5) is 0 Å². The number of halogens is 1. The molecule has 0 amide bonds. The van der Waals surface area contributed by atoms with Crippen LogP contribution in [0.25, 0.3) is 0 Å². The van der Waals surface area contributed by atoms with Gasteiger partial charge in [-0.1, -0.05) is 28.1 Å².